The molecule has 0 bridgehead atoms. The summed E-state index contributed by atoms with van der Waals surface area (Å²) in [5.74, 6) is 0. The number of hydrogen-bond donors (Lipinski definition) is 1. The van der Waals surface area contributed by atoms with Crippen molar-refractivity contribution in [3.8, 4) is 0 Å². The third kappa shape index (κ3) is 5.06. The van der Waals surface area contributed by atoms with Crippen LogP contribution in [0.3, 0.4) is 0 Å². The summed E-state index contributed by atoms with van der Waals surface area (Å²) in [6, 6.07) is 0.304. The highest BCUT2D eigenvalue weighted by atomic mass is 32.1. The fourth-order valence-electron chi connectivity index (χ4n) is 1.13. The van der Waals surface area contributed by atoms with E-state index in [4.69, 9.17) is 4.74 Å². The molecule has 15 heavy (non-hydrogen) atoms. The molecule has 0 amide bonds. The second-order valence-electron chi connectivity index (χ2n) is 3.56. The lowest BCUT2D eigenvalue weighted by Gasteiger charge is -2.11. The largest absolute Gasteiger partial charge is 0.376 e. The van der Waals surface area contributed by atoms with Gasteiger partial charge in [0.25, 0.3) is 0 Å². The number of thiazole rings is 1. The molecule has 84 valence electrons. The van der Waals surface area contributed by atoms with Gasteiger partial charge in [-0.1, -0.05) is 12.2 Å². The first kappa shape index (κ1) is 12.4. The monoisotopic (exact) mass is 226 g/mol. The fourth-order valence-corrected chi connectivity index (χ4v) is 1.80. The Bertz CT molecular complexity index is 285. The van der Waals surface area contributed by atoms with Crippen LogP contribution in [0, 0.1) is 0 Å². The molecule has 1 atom stereocenters. The Morgan fingerprint density at radius 3 is 3.13 bits per heavy atom. The average molecular weight is 226 g/mol. The summed E-state index contributed by atoms with van der Waals surface area (Å²) in [7, 11) is 0. The van der Waals surface area contributed by atoms with Crippen molar-refractivity contribution in [2.45, 2.75) is 19.9 Å². The summed E-state index contributed by atoms with van der Waals surface area (Å²) in [6.07, 6.45) is 1.83. The summed E-state index contributed by atoms with van der Waals surface area (Å²) < 4.78 is 5.38. The second-order valence-corrected chi connectivity index (χ2v) is 4.48. The van der Waals surface area contributed by atoms with Gasteiger partial charge in [-0.05, 0) is 13.8 Å². The highest BCUT2D eigenvalue weighted by molar-refractivity contribution is 7.09. The van der Waals surface area contributed by atoms with Crippen LogP contribution >= 0.6 is 11.3 Å². The number of nitrogens with one attached hydrogen (secondary N) is 1. The van der Waals surface area contributed by atoms with Crippen LogP contribution in [-0.4, -0.2) is 24.7 Å². The molecule has 1 rings (SSSR count). The van der Waals surface area contributed by atoms with Crippen LogP contribution in [0.5, 0.6) is 0 Å². The standard InChI is InChI=1S/C11H18N2OS/c1-9(2)8-14-6-4-12-10(3)11-13-5-7-15-11/h5,7,10,12H,1,4,6,8H2,2-3H3. The first-order valence-electron chi connectivity index (χ1n) is 5.05. The van der Waals surface area contributed by atoms with Gasteiger partial charge >= 0.3 is 0 Å². The van der Waals surface area contributed by atoms with Gasteiger partial charge in [0.1, 0.15) is 5.01 Å². The van der Waals surface area contributed by atoms with Crippen molar-refractivity contribution in [1.82, 2.24) is 10.3 Å². The van der Waals surface area contributed by atoms with E-state index in [0.717, 1.165) is 17.1 Å². The van der Waals surface area contributed by atoms with Crippen LogP contribution in [0.25, 0.3) is 0 Å². The van der Waals surface area contributed by atoms with E-state index >= 15 is 0 Å². The summed E-state index contributed by atoms with van der Waals surface area (Å²) in [5, 5.41) is 6.46. The summed E-state index contributed by atoms with van der Waals surface area (Å²) in [4.78, 5) is 4.24. The van der Waals surface area contributed by atoms with Gasteiger partial charge < -0.3 is 10.1 Å². The molecule has 1 aromatic rings. The average Bonchev–Trinajstić information content (AvgIpc) is 2.69. The molecule has 0 fully saturated rings. The fraction of sp³-hybridized carbons (Fsp3) is 0.545. The predicted octanol–water partition coefficient (Wildman–Crippen LogP) is 2.39. The van der Waals surface area contributed by atoms with E-state index < -0.39 is 0 Å². The Morgan fingerprint density at radius 2 is 2.53 bits per heavy atom. The molecule has 1 unspecified atom stereocenters. The summed E-state index contributed by atoms with van der Waals surface area (Å²) >= 11 is 1.67. The van der Waals surface area contributed by atoms with Gasteiger partial charge in [0.2, 0.25) is 0 Å². The van der Waals surface area contributed by atoms with Crippen molar-refractivity contribution in [2.75, 3.05) is 19.8 Å². The van der Waals surface area contributed by atoms with Gasteiger partial charge in [0.15, 0.2) is 0 Å². The molecule has 0 aliphatic heterocycles. The van der Waals surface area contributed by atoms with Crippen molar-refractivity contribution in [3.05, 3.63) is 28.7 Å². The van der Waals surface area contributed by atoms with E-state index in [1.54, 1.807) is 11.3 Å². The van der Waals surface area contributed by atoms with Crippen molar-refractivity contribution >= 4 is 11.3 Å². The third-order valence-corrected chi connectivity index (χ3v) is 2.83. The van der Waals surface area contributed by atoms with Crippen molar-refractivity contribution in [2.24, 2.45) is 0 Å². The van der Waals surface area contributed by atoms with E-state index in [1.807, 2.05) is 18.5 Å². The lowest BCUT2D eigenvalue weighted by atomic mass is 10.3. The zero-order valence-electron chi connectivity index (χ0n) is 9.32. The van der Waals surface area contributed by atoms with Crippen LogP contribution in [-0.2, 0) is 4.74 Å². The van der Waals surface area contributed by atoms with E-state index in [2.05, 4.69) is 23.8 Å². The van der Waals surface area contributed by atoms with E-state index in [-0.39, 0.29) is 0 Å². The van der Waals surface area contributed by atoms with Gasteiger partial charge in [-0.2, -0.15) is 0 Å². The van der Waals surface area contributed by atoms with Gasteiger partial charge in [-0.3, -0.25) is 0 Å². The minimum atomic E-state index is 0.304. The molecule has 0 radical (unpaired) electrons. The molecule has 1 N–H and O–H groups in total. The molecule has 0 aliphatic carbocycles. The lowest BCUT2D eigenvalue weighted by molar-refractivity contribution is 0.156. The maximum atomic E-state index is 5.38. The smallest absolute Gasteiger partial charge is 0.109 e. The minimum absolute atomic E-state index is 0.304. The maximum Gasteiger partial charge on any atom is 0.109 e. The molecule has 0 spiro atoms. The molecule has 1 aromatic heterocycles. The lowest BCUT2D eigenvalue weighted by Crippen LogP contribution is -2.23. The number of ether oxygens (including phenoxy) is 1. The Balaban J connectivity index is 2.08. The number of aromatic nitrogens is 1. The zero-order chi connectivity index (χ0) is 11.1. The second kappa shape index (κ2) is 6.71. The highest BCUT2D eigenvalue weighted by Crippen LogP contribution is 2.13. The van der Waals surface area contributed by atoms with Crippen LogP contribution in [0.15, 0.2) is 23.7 Å². The van der Waals surface area contributed by atoms with E-state index in [1.165, 1.54) is 0 Å². The van der Waals surface area contributed by atoms with Crippen LogP contribution < -0.4 is 5.32 Å². The normalized spacial score (nSPS) is 12.7. The number of hydrogen-bond acceptors (Lipinski definition) is 4. The Morgan fingerprint density at radius 1 is 1.73 bits per heavy atom. The SMILES string of the molecule is C=C(C)COCCNC(C)c1nccs1. The topological polar surface area (TPSA) is 34.1 Å². The van der Waals surface area contributed by atoms with Crippen LogP contribution in [0.4, 0.5) is 0 Å². The Hall–Kier alpha value is -0.710. The number of nitrogens with zero attached hydrogens (tertiary/aromatic N) is 1. The van der Waals surface area contributed by atoms with Crippen LogP contribution in [0.2, 0.25) is 0 Å². The molecule has 1 heterocycles. The predicted molar refractivity (Wildman–Crippen MR) is 64.2 cm³/mol. The first-order chi connectivity index (χ1) is 7.20. The Labute approximate surface area is 95.2 Å². The van der Waals surface area contributed by atoms with Crippen molar-refractivity contribution < 1.29 is 4.74 Å². The molecule has 0 saturated heterocycles. The number of rotatable bonds is 7. The van der Waals surface area contributed by atoms with E-state index in [9.17, 15) is 0 Å². The summed E-state index contributed by atoms with van der Waals surface area (Å²) in [6.45, 7) is 10.0. The van der Waals surface area contributed by atoms with Gasteiger partial charge in [-0.15, -0.1) is 11.3 Å². The molecule has 0 saturated carbocycles. The van der Waals surface area contributed by atoms with Gasteiger partial charge in [0, 0.05) is 18.1 Å². The maximum absolute atomic E-state index is 5.38. The molecule has 3 nitrogen and oxygen atoms in total. The summed E-state index contributed by atoms with van der Waals surface area (Å²) in [5.41, 5.74) is 1.06. The highest BCUT2D eigenvalue weighted by Gasteiger charge is 2.05. The van der Waals surface area contributed by atoms with Crippen molar-refractivity contribution in [3.63, 3.8) is 0 Å². The van der Waals surface area contributed by atoms with Crippen LogP contribution in [0.1, 0.15) is 24.9 Å². The molecular formula is C11H18N2OS. The molecule has 4 heteroatoms. The van der Waals surface area contributed by atoms with Gasteiger partial charge in [0.05, 0.1) is 19.3 Å². The van der Waals surface area contributed by atoms with E-state index in [0.29, 0.717) is 19.3 Å². The minimum Gasteiger partial charge on any atom is -0.376 e. The zero-order valence-corrected chi connectivity index (χ0v) is 10.1. The third-order valence-electron chi connectivity index (χ3n) is 1.87. The van der Waals surface area contributed by atoms with Crippen molar-refractivity contribution in [1.29, 1.82) is 0 Å². The molecule has 0 aliphatic rings. The van der Waals surface area contributed by atoms with Gasteiger partial charge in [-0.25, -0.2) is 4.98 Å². The molecular weight excluding hydrogens is 208 g/mol. The first-order valence-corrected chi connectivity index (χ1v) is 5.93. The Kier molecular flexibility index (Phi) is 5.53. The molecule has 0 aromatic carbocycles. The quantitative estimate of drug-likeness (QED) is 0.572.